The molecule has 1 N–H and O–H groups in total. The number of nitrogens with zero attached hydrogens (tertiary/aromatic N) is 1. The van der Waals surface area contributed by atoms with Gasteiger partial charge in [-0.3, -0.25) is 9.59 Å². The molecule has 3 rings (SSSR count). The quantitative estimate of drug-likeness (QED) is 0.301. The molecule has 1 heterocycles. The van der Waals surface area contributed by atoms with Crippen LogP contribution in [0.3, 0.4) is 0 Å². The highest BCUT2D eigenvalue weighted by atomic mass is 79.9. The second kappa shape index (κ2) is 10.7. The van der Waals surface area contributed by atoms with Crippen molar-refractivity contribution in [2.75, 3.05) is 0 Å². The van der Waals surface area contributed by atoms with E-state index in [-0.39, 0.29) is 17.9 Å². The zero-order chi connectivity index (χ0) is 24.1. The Morgan fingerprint density at radius 2 is 1.48 bits per heavy atom. The highest BCUT2D eigenvalue weighted by molar-refractivity contribution is 9.10. The zero-order valence-electron chi connectivity index (χ0n) is 18.0. The van der Waals surface area contributed by atoms with Crippen LogP contribution in [0.25, 0.3) is 0 Å². The van der Waals surface area contributed by atoms with E-state index >= 15 is 0 Å². The lowest BCUT2D eigenvalue weighted by atomic mass is 9.87. The molecule has 0 spiro atoms. The second-order valence-electron chi connectivity index (χ2n) is 7.74. The summed E-state index contributed by atoms with van der Waals surface area (Å²) < 4.78 is 32.9. The molecule has 5 nitrogen and oxygen atoms in total. The number of carbonyl (C=O) groups is 2. The molecule has 0 unspecified atom stereocenters. The number of aromatic hydroxyl groups is 1. The van der Waals surface area contributed by atoms with Crippen LogP contribution >= 0.6 is 15.9 Å². The molecular weight excluding hydrogens is 496 g/mol. The van der Waals surface area contributed by atoms with Crippen LogP contribution in [-0.2, 0) is 9.53 Å². The van der Waals surface area contributed by atoms with E-state index in [1.54, 1.807) is 38.1 Å². The Balaban J connectivity index is 1.76. The highest BCUT2D eigenvalue weighted by Crippen LogP contribution is 2.31. The number of carbonyl (C=O) groups excluding carboxylic acids is 2. The van der Waals surface area contributed by atoms with Crippen LogP contribution in [0.2, 0.25) is 0 Å². The second-order valence-corrected chi connectivity index (χ2v) is 8.60. The zero-order valence-corrected chi connectivity index (χ0v) is 19.6. The molecule has 0 aliphatic heterocycles. The molecule has 0 saturated carbocycles. The van der Waals surface area contributed by atoms with Crippen molar-refractivity contribution in [1.29, 1.82) is 0 Å². The van der Waals surface area contributed by atoms with Crippen LogP contribution in [0.5, 0.6) is 5.75 Å². The number of aromatic nitrogens is 1. The maximum absolute atomic E-state index is 13.4. The Hall–Kier alpha value is -3.13. The van der Waals surface area contributed by atoms with Gasteiger partial charge in [0.2, 0.25) is 0 Å². The molecule has 172 valence electrons. The van der Waals surface area contributed by atoms with Gasteiger partial charge in [0.05, 0.1) is 10.4 Å². The van der Waals surface area contributed by atoms with E-state index < -0.39 is 41.3 Å². The van der Waals surface area contributed by atoms with Crippen LogP contribution in [-0.4, -0.2) is 27.9 Å². The van der Waals surface area contributed by atoms with E-state index in [0.717, 1.165) is 0 Å². The SMILES string of the molecule is C[C@H](CC(=O)c1nccc(Br)c1O)C(=O)O[C@@H](C)C(c1ccc(F)cc1)c1ccc(F)cc1. The first-order valence-corrected chi connectivity index (χ1v) is 11.0. The first-order chi connectivity index (χ1) is 15.7. The van der Waals surface area contributed by atoms with Crippen molar-refractivity contribution in [3.8, 4) is 5.75 Å². The lowest BCUT2D eigenvalue weighted by Crippen LogP contribution is -2.28. The van der Waals surface area contributed by atoms with E-state index in [1.165, 1.54) is 36.5 Å². The minimum Gasteiger partial charge on any atom is -0.504 e. The lowest BCUT2D eigenvalue weighted by molar-refractivity contribution is -0.153. The van der Waals surface area contributed by atoms with Crippen molar-refractivity contribution in [3.05, 3.63) is 93.7 Å². The molecule has 8 heteroatoms. The summed E-state index contributed by atoms with van der Waals surface area (Å²) in [5.74, 6) is -3.49. The molecule has 2 aromatic carbocycles. The molecule has 0 aliphatic rings. The van der Waals surface area contributed by atoms with Gasteiger partial charge < -0.3 is 9.84 Å². The third kappa shape index (κ3) is 6.01. The van der Waals surface area contributed by atoms with E-state index in [1.807, 2.05) is 0 Å². The summed E-state index contributed by atoms with van der Waals surface area (Å²) in [5.41, 5.74) is 1.25. The van der Waals surface area contributed by atoms with Gasteiger partial charge in [-0.05, 0) is 64.3 Å². The van der Waals surface area contributed by atoms with Gasteiger partial charge in [-0.1, -0.05) is 31.2 Å². The molecule has 1 aromatic heterocycles. The maximum atomic E-state index is 13.4. The predicted octanol–water partition coefficient (Wildman–Crippen LogP) is 5.80. The minimum atomic E-state index is -0.804. The fourth-order valence-corrected chi connectivity index (χ4v) is 3.84. The van der Waals surface area contributed by atoms with Crippen molar-refractivity contribution in [2.24, 2.45) is 5.92 Å². The number of pyridine rings is 1. The number of ketones is 1. The summed E-state index contributed by atoms with van der Waals surface area (Å²) in [4.78, 5) is 29.2. The summed E-state index contributed by atoms with van der Waals surface area (Å²) >= 11 is 3.13. The van der Waals surface area contributed by atoms with Crippen molar-refractivity contribution >= 4 is 27.7 Å². The lowest BCUT2D eigenvalue weighted by Gasteiger charge is -2.26. The third-order valence-corrected chi connectivity index (χ3v) is 5.90. The van der Waals surface area contributed by atoms with Gasteiger partial charge in [0.25, 0.3) is 0 Å². The van der Waals surface area contributed by atoms with E-state index in [0.29, 0.717) is 15.6 Å². The Bertz CT molecular complexity index is 1090. The molecule has 2 atom stereocenters. The number of halogens is 3. The van der Waals surface area contributed by atoms with Gasteiger partial charge in [-0.15, -0.1) is 0 Å². The number of ether oxygens (including phenoxy) is 1. The number of benzene rings is 2. The van der Waals surface area contributed by atoms with E-state index in [4.69, 9.17) is 4.74 Å². The Morgan fingerprint density at radius 3 is 2.00 bits per heavy atom. The van der Waals surface area contributed by atoms with E-state index in [2.05, 4.69) is 20.9 Å². The summed E-state index contributed by atoms with van der Waals surface area (Å²) in [7, 11) is 0. The summed E-state index contributed by atoms with van der Waals surface area (Å²) in [5, 5.41) is 10.0. The van der Waals surface area contributed by atoms with Gasteiger partial charge in [-0.2, -0.15) is 0 Å². The number of rotatable bonds is 8. The largest absolute Gasteiger partial charge is 0.504 e. The molecule has 33 heavy (non-hydrogen) atoms. The van der Waals surface area contributed by atoms with Gasteiger partial charge >= 0.3 is 5.97 Å². The minimum absolute atomic E-state index is 0.132. The van der Waals surface area contributed by atoms with Crippen LogP contribution in [0.4, 0.5) is 8.78 Å². The summed E-state index contributed by atoms with van der Waals surface area (Å²) in [6.07, 6.45) is 0.474. The average Bonchev–Trinajstić information content (AvgIpc) is 2.78. The molecular formula is C25H22BrF2NO4. The number of esters is 1. The number of Topliss-reactive ketones (excluding diaryl/α,β-unsaturated/α-hetero) is 1. The smallest absolute Gasteiger partial charge is 0.309 e. The van der Waals surface area contributed by atoms with Crippen molar-refractivity contribution in [3.63, 3.8) is 0 Å². The molecule has 0 amide bonds. The first kappa shape index (κ1) is 24.5. The van der Waals surface area contributed by atoms with Crippen molar-refractivity contribution in [1.82, 2.24) is 4.98 Å². The van der Waals surface area contributed by atoms with Crippen molar-refractivity contribution < 1.29 is 28.2 Å². The third-order valence-electron chi connectivity index (χ3n) is 5.26. The van der Waals surface area contributed by atoms with Gasteiger partial charge in [0, 0.05) is 18.5 Å². The van der Waals surface area contributed by atoms with Crippen LogP contribution in [0, 0.1) is 17.6 Å². The van der Waals surface area contributed by atoms with E-state index in [9.17, 15) is 23.5 Å². The summed E-state index contributed by atoms with van der Waals surface area (Å²) in [6.45, 7) is 3.23. The van der Waals surface area contributed by atoms with Crippen LogP contribution < -0.4 is 0 Å². The molecule has 0 aliphatic carbocycles. The average molecular weight is 518 g/mol. The normalized spacial score (nSPS) is 12.9. The fraction of sp³-hybridized carbons (Fsp3) is 0.240. The molecule has 3 aromatic rings. The van der Waals surface area contributed by atoms with Crippen LogP contribution in [0.15, 0.2) is 65.3 Å². The predicted molar refractivity (Wildman–Crippen MR) is 122 cm³/mol. The highest BCUT2D eigenvalue weighted by Gasteiger charge is 2.29. The topological polar surface area (TPSA) is 76.5 Å². The van der Waals surface area contributed by atoms with Gasteiger partial charge in [-0.25, -0.2) is 13.8 Å². The molecule has 0 radical (unpaired) electrons. The summed E-state index contributed by atoms with van der Waals surface area (Å²) in [6, 6.07) is 13.1. The fourth-order valence-electron chi connectivity index (χ4n) is 3.53. The first-order valence-electron chi connectivity index (χ1n) is 10.3. The number of hydrogen-bond donors (Lipinski definition) is 1. The Labute approximate surface area is 198 Å². The molecule has 0 saturated heterocycles. The Kier molecular flexibility index (Phi) is 7.92. The Morgan fingerprint density at radius 1 is 0.970 bits per heavy atom. The monoisotopic (exact) mass is 517 g/mol. The standard InChI is InChI=1S/C25H22BrF2NO4/c1-14(13-21(30)23-24(31)20(26)11-12-29-23)25(32)33-15(2)22(16-3-7-18(27)8-4-16)17-5-9-19(28)10-6-17/h3-12,14-15,22,31H,13H2,1-2H3/t14-,15+/m1/s1. The van der Waals surface area contributed by atoms with Crippen molar-refractivity contribution in [2.45, 2.75) is 32.3 Å². The van der Waals surface area contributed by atoms with Gasteiger partial charge in [0.1, 0.15) is 23.4 Å². The number of hydrogen-bond acceptors (Lipinski definition) is 5. The van der Waals surface area contributed by atoms with Crippen LogP contribution in [0.1, 0.15) is 47.8 Å². The molecule has 0 bridgehead atoms. The maximum Gasteiger partial charge on any atom is 0.309 e. The molecule has 0 fully saturated rings. The van der Waals surface area contributed by atoms with Gasteiger partial charge in [0.15, 0.2) is 11.5 Å².